The fraction of sp³-hybridized carbons (Fsp3) is 0.360. The average molecular weight is 378 g/mol. The number of aryl methyl sites for hydroxylation is 2. The fourth-order valence-corrected chi connectivity index (χ4v) is 3.46. The Morgan fingerprint density at radius 2 is 1.61 bits per heavy atom. The SMILES string of the molecule is CCCCCCOc1ccc(CCn2c(C)ccc2-c2ccc(O)cc2)cc1. The molecule has 3 aromatic rings. The third-order valence-corrected chi connectivity index (χ3v) is 5.18. The maximum absolute atomic E-state index is 9.53. The van der Waals surface area contributed by atoms with Crippen molar-refractivity contribution in [3.63, 3.8) is 0 Å². The summed E-state index contributed by atoms with van der Waals surface area (Å²) < 4.78 is 8.18. The summed E-state index contributed by atoms with van der Waals surface area (Å²) in [5.74, 6) is 1.26. The van der Waals surface area contributed by atoms with Gasteiger partial charge < -0.3 is 14.4 Å². The van der Waals surface area contributed by atoms with Crippen LogP contribution >= 0.6 is 0 Å². The van der Waals surface area contributed by atoms with Crippen molar-refractivity contribution < 1.29 is 9.84 Å². The minimum absolute atomic E-state index is 0.297. The zero-order chi connectivity index (χ0) is 19.8. The van der Waals surface area contributed by atoms with Crippen molar-refractivity contribution in [2.75, 3.05) is 6.61 Å². The molecule has 148 valence electrons. The van der Waals surface area contributed by atoms with E-state index in [1.54, 1.807) is 12.1 Å². The Labute approximate surface area is 168 Å². The number of hydrogen-bond donors (Lipinski definition) is 1. The van der Waals surface area contributed by atoms with Crippen molar-refractivity contribution in [2.45, 2.75) is 52.5 Å². The molecule has 0 atom stereocenters. The number of hydrogen-bond acceptors (Lipinski definition) is 2. The van der Waals surface area contributed by atoms with Crippen LogP contribution in [0, 0.1) is 6.92 Å². The second-order valence-electron chi connectivity index (χ2n) is 7.36. The van der Waals surface area contributed by atoms with Crippen LogP contribution in [0.5, 0.6) is 11.5 Å². The van der Waals surface area contributed by atoms with Gasteiger partial charge in [-0.2, -0.15) is 0 Å². The highest BCUT2D eigenvalue weighted by molar-refractivity contribution is 5.61. The summed E-state index contributed by atoms with van der Waals surface area (Å²) in [5, 5.41) is 9.53. The van der Waals surface area contributed by atoms with Gasteiger partial charge in [-0.05, 0) is 79.4 Å². The molecule has 2 aromatic carbocycles. The number of phenols is 1. The second-order valence-corrected chi connectivity index (χ2v) is 7.36. The molecule has 0 unspecified atom stereocenters. The first-order valence-corrected chi connectivity index (χ1v) is 10.3. The van der Waals surface area contributed by atoms with Gasteiger partial charge >= 0.3 is 0 Å². The summed E-state index contributed by atoms with van der Waals surface area (Å²) in [6.07, 6.45) is 5.88. The molecular weight excluding hydrogens is 346 g/mol. The number of aromatic hydroxyl groups is 1. The zero-order valence-corrected chi connectivity index (χ0v) is 17.0. The van der Waals surface area contributed by atoms with Crippen molar-refractivity contribution >= 4 is 0 Å². The van der Waals surface area contributed by atoms with E-state index in [-0.39, 0.29) is 0 Å². The van der Waals surface area contributed by atoms with E-state index >= 15 is 0 Å². The normalized spacial score (nSPS) is 10.9. The van der Waals surface area contributed by atoms with E-state index < -0.39 is 0 Å². The molecule has 3 heteroatoms. The number of nitrogens with zero attached hydrogens (tertiary/aromatic N) is 1. The maximum atomic E-state index is 9.53. The van der Waals surface area contributed by atoms with Crippen LogP contribution in [0.15, 0.2) is 60.7 Å². The minimum atomic E-state index is 0.297. The van der Waals surface area contributed by atoms with Crippen LogP contribution in [0.1, 0.15) is 43.9 Å². The van der Waals surface area contributed by atoms with Crippen LogP contribution in [0.2, 0.25) is 0 Å². The summed E-state index contributed by atoms with van der Waals surface area (Å²) in [5.41, 5.74) is 4.86. The van der Waals surface area contributed by atoms with E-state index in [0.29, 0.717) is 5.75 Å². The van der Waals surface area contributed by atoms with Crippen LogP contribution in [-0.4, -0.2) is 16.3 Å². The Kier molecular flexibility index (Phi) is 7.18. The van der Waals surface area contributed by atoms with E-state index in [2.05, 4.69) is 54.8 Å². The van der Waals surface area contributed by atoms with Gasteiger partial charge in [0.2, 0.25) is 0 Å². The molecule has 1 N–H and O–H groups in total. The Hall–Kier alpha value is -2.68. The number of ether oxygens (including phenoxy) is 1. The third kappa shape index (κ3) is 5.41. The predicted molar refractivity (Wildman–Crippen MR) is 116 cm³/mol. The Morgan fingerprint density at radius 3 is 2.32 bits per heavy atom. The van der Waals surface area contributed by atoms with Crippen LogP contribution in [0.4, 0.5) is 0 Å². The molecule has 0 spiro atoms. The van der Waals surface area contributed by atoms with E-state index in [1.807, 2.05) is 12.1 Å². The van der Waals surface area contributed by atoms with Crippen LogP contribution in [0.3, 0.4) is 0 Å². The van der Waals surface area contributed by atoms with Crippen LogP contribution < -0.4 is 4.74 Å². The number of aromatic nitrogens is 1. The molecule has 28 heavy (non-hydrogen) atoms. The lowest BCUT2D eigenvalue weighted by Gasteiger charge is -2.13. The molecule has 0 radical (unpaired) electrons. The number of unbranched alkanes of at least 4 members (excludes halogenated alkanes) is 3. The lowest BCUT2D eigenvalue weighted by atomic mass is 10.1. The van der Waals surface area contributed by atoms with Crippen molar-refractivity contribution in [3.05, 3.63) is 71.9 Å². The Balaban J connectivity index is 1.57. The predicted octanol–water partition coefficient (Wildman–Crippen LogP) is 6.37. The molecule has 0 amide bonds. The van der Waals surface area contributed by atoms with Gasteiger partial charge in [0.25, 0.3) is 0 Å². The lowest BCUT2D eigenvalue weighted by molar-refractivity contribution is 0.305. The van der Waals surface area contributed by atoms with Gasteiger partial charge in [0, 0.05) is 17.9 Å². The smallest absolute Gasteiger partial charge is 0.119 e. The van der Waals surface area contributed by atoms with Crippen LogP contribution in [-0.2, 0) is 13.0 Å². The number of phenolic OH excluding ortho intramolecular Hbond substituents is 1. The van der Waals surface area contributed by atoms with Gasteiger partial charge in [-0.1, -0.05) is 38.3 Å². The highest BCUT2D eigenvalue weighted by Crippen LogP contribution is 2.25. The van der Waals surface area contributed by atoms with E-state index in [9.17, 15) is 5.11 Å². The first kappa shape index (κ1) is 20.1. The summed E-state index contributed by atoms with van der Waals surface area (Å²) in [6.45, 7) is 6.09. The topological polar surface area (TPSA) is 34.4 Å². The fourth-order valence-electron chi connectivity index (χ4n) is 3.46. The van der Waals surface area contributed by atoms with Crippen molar-refractivity contribution in [1.82, 2.24) is 4.57 Å². The molecule has 0 fully saturated rings. The number of rotatable bonds is 10. The Bertz CT molecular complexity index is 847. The van der Waals surface area contributed by atoms with E-state index in [0.717, 1.165) is 37.3 Å². The molecule has 0 bridgehead atoms. The maximum Gasteiger partial charge on any atom is 0.119 e. The summed E-state index contributed by atoms with van der Waals surface area (Å²) in [7, 11) is 0. The quantitative estimate of drug-likeness (QED) is 0.417. The van der Waals surface area contributed by atoms with Gasteiger partial charge in [0.1, 0.15) is 11.5 Å². The van der Waals surface area contributed by atoms with Crippen molar-refractivity contribution in [2.24, 2.45) is 0 Å². The zero-order valence-electron chi connectivity index (χ0n) is 17.0. The average Bonchev–Trinajstić information content (AvgIpc) is 3.08. The highest BCUT2D eigenvalue weighted by atomic mass is 16.5. The standard InChI is InChI=1S/C25H31NO2/c1-3-4-5-6-19-28-24-14-8-21(9-15-24)17-18-26-20(2)7-16-25(26)22-10-12-23(27)13-11-22/h7-16,27H,3-6,17-19H2,1-2H3. The van der Waals surface area contributed by atoms with Gasteiger partial charge in [-0.15, -0.1) is 0 Å². The molecule has 0 aliphatic heterocycles. The molecular formula is C25H31NO2. The van der Waals surface area contributed by atoms with Gasteiger partial charge in [0.05, 0.1) is 6.61 Å². The van der Waals surface area contributed by atoms with Crippen molar-refractivity contribution in [3.8, 4) is 22.8 Å². The molecule has 1 heterocycles. The first-order chi connectivity index (χ1) is 13.7. The monoisotopic (exact) mass is 377 g/mol. The molecule has 0 aliphatic carbocycles. The largest absolute Gasteiger partial charge is 0.508 e. The summed E-state index contributed by atoms with van der Waals surface area (Å²) in [4.78, 5) is 0. The highest BCUT2D eigenvalue weighted by Gasteiger charge is 2.08. The van der Waals surface area contributed by atoms with E-state index in [1.165, 1.54) is 36.2 Å². The van der Waals surface area contributed by atoms with Gasteiger partial charge in [-0.25, -0.2) is 0 Å². The molecule has 0 saturated carbocycles. The minimum Gasteiger partial charge on any atom is -0.508 e. The second kappa shape index (κ2) is 10.0. The van der Waals surface area contributed by atoms with Crippen LogP contribution in [0.25, 0.3) is 11.3 Å². The van der Waals surface area contributed by atoms with Crippen molar-refractivity contribution in [1.29, 1.82) is 0 Å². The first-order valence-electron chi connectivity index (χ1n) is 10.3. The Morgan fingerprint density at radius 1 is 0.857 bits per heavy atom. The summed E-state index contributed by atoms with van der Waals surface area (Å²) >= 11 is 0. The molecule has 3 nitrogen and oxygen atoms in total. The molecule has 0 aliphatic rings. The molecule has 3 rings (SSSR count). The van der Waals surface area contributed by atoms with E-state index in [4.69, 9.17) is 4.74 Å². The summed E-state index contributed by atoms with van der Waals surface area (Å²) in [6, 6.07) is 20.2. The lowest BCUT2D eigenvalue weighted by Crippen LogP contribution is -2.05. The molecule has 0 saturated heterocycles. The molecule has 1 aromatic heterocycles. The van der Waals surface area contributed by atoms with Gasteiger partial charge in [0.15, 0.2) is 0 Å². The third-order valence-electron chi connectivity index (χ3n) is 5.18. The van der Waals surface area contributed by atoms with Gasteiger partial charge in [-0.3, -0.25) is 0 Å². The number of benzene rings is 2.